The molecule has 7 heteroatoms. The average Bonchev–Trinajstić information content (AvgIpc) is 2.72. The Hall–Kier alpha value is -3.35. The Balaban J connectivity index is 1.90. The van der Waals surface area contributed by atoms with E-state index in [1.54, 1.807) is 18.5 Å². The highest BCUT2D eigenvalue weighted by Gasteiger charge is 2.32. The van der Waals surface area contributed by atoms with Gasteiger partial charge in [0.15, 0.2) is 0 Å². The number of amides is 1. The molecule has 148 valence electrons. The lowest BCUT2D eigenvalue weighted by molar-refractivity contribution is -0.137. The van der Waals surface area contributed by atoms with Gasteiger partial charge in [-0.15, -0.1) is 0 Å². The molecule has 4 nitrogen and oxygen atoms in total. The number of alkyl halides is 3. The number of carbonyl (C=O) groups is 1. The van der Waals surface area contributed by atoms with Crippen LogP contribution in [0.25, 0.3) is 27.5 Å². The number of pyridine rings is 1. The minimum atomic E-state index is -4.46. The predicted octanol–water partition coefficient (Wildman–Crippen LogP) is 5.69. The van der Waals surface area contributed by atoms with E-state index in [0.29, 0.717) is 17.5 Å². The van der Waals surface area contributed by atoms with Crippen LogP contribution in [-0.2, 0) is 6.18 Å². The first-order chi connectivity index (χ1) is 13.8. The molecule has 0 radical (unpaired) electrons. The zero-order chi connectivity index (χ0) is 20.6. The van der Waals surface area contributed by atoms with Gasteiger partial charge in [-0.05, 0) is 52.3 Å². The third-order valence-electron chi connectivity index (χ3n) is 5.14. The van der Waals surface area contributed by atoms with E-state index in [4.69, 9.17) is 5.11 Å². The number of nitrogens with zero attached hydrogens (tertiary/aromatic N) is 2. The van der Waals surface area contributed by atoms with Crippen LogP contribution < -0.4 is 0 Å². The van der Waals surface area contributed by atoms with Crippen LogP contribution in [0.3, 0.4) is 0 Å². The zero-order valence-electron chi connectivity index (χ0n) is 15.3. The lowest BCUT2D eigenvalue weighted by atomic mass is 9.88. The number of hydrogen-bond donors (Lipinski definition) is 1. The Morgan fingerprint density at radius 2 is 1.90 bits per heavy atom. The Morgan fingerprint density at radius 1 is 1.07 bits per heavy atom. The first kappa shape index (κ1) is 19.0. The molecule has 1 aliphatic heterocycles. The van der Waals surface area contributed by atoms with Gasteiger partial charge in [-0.3, -0.25) is 4.98 Å². The van der Waals surface area contributed by atoms with Gasteiger partial charge >= 0.3 is 12.3 Å². The van der Waals surface area contributed by atoms with Crippen molar-refractivity contribution in [3.05, 3.63) is 72.1 Å². The molecule has 0 saturated carbocycles. The molecule has 0 bridgehead atoms. The standard InChI is InChI=1S/C22H17F3N2O2/c23-22(24,25)16-4-5-19(18-3-1-2-15-13-26-9-6-17(15)18)20(12-16)14-7-10-27(11-8-14)21(28)29/h1-7,9,12-13H,8,10-11H2,(H,28,29). The van der Waals surface area contributed by atoms with Crippen LogP contribution in [0.4, 0.5) is 18.0 Å². The number of halogens is 3. The largest absolute Gasteiger partial charge is 0.465 e. The molecule has 3 aromatic rings. The summed E-state index contributed by atoms with van der Waals surface area (Å²) in [6, 6.07) is 11.2. The van der Waals surface area contributed by atoms with Crippen molar-refractivity contribution < 1.29 is 23.1 Å². The van der Waals surface area contributed by atoms with E-state index in [-0.39, 0.29) is 13.1 Å². The van der Waals surface area contributed by atoms with E-state index >= 15 is 0 Å². The molecule has 0 atom stereocenters. The molecule has 1 aliphatic rings. The van der Waals surface area contributed by atoms with E-state index in [0.717, 1.165) is 34.0 Å². The Kier molecular flexibility index (Phi) is 4.74. The molecule has 4 rings (SSSR count). The van der Waals surface area contributed by atoms with Crippen molar-refractivity contribution in [2.24, 2.45) is 0 Å². The molecule has 1 amide bonds. The first-order valence-electron chi connectivity index (χ1n) is 9.06. The number of aromatic nitrogens is 1. The van der Waals surface area contributed by atoms with E-state index in [2.05, 4.69) is 4.98 Å². The number of rotatable bonds is 2. The van der Waals surface area contributed by atoms with Crippen molar-refractivity contribution in [3.63, 3.8) is 0 Å². The van der Waals surface area contributed by atoms with Gasteiger partial charge < -0.3 is 10.0 Å². The summed E-state index contributed by atoms with van der Waals surface area (Å²) in [6.07, 6.45) is -0.0758. The van der Waals surface area contributed by atoms with Crippen LogP contribution in [0.15, 0.2) is 60.9 Å². The maximum atomic E-state index is 13.4. The number of fused-ring (bicyclic) bond motifs is 1. The van der Waals surface area contributed by atoms with Crippen LogP contribution in [0, 0.1) is 0 Å². The molecular weight excluding hydrogens is 381 g/mol. The van der Waals surface area contributed by atoms with Crippen LogP contribution in [0.2, 0.25) is 0 Å². The molecule has 1 N–H and O–H groups in total. The molecule has 0 aliphatic carbocycles. The van der Waals surface area contributed by atoms with Gasteiger partial charge in [0.1, 0.15) is 0 Å². The summed E-state index contributed by atoms with van der Waals surface area (Å²) in [5.74, 6) is 0. The minimum absolute atomic E-state index is 0.153. The number of benzene rings is 2. The van der Waals surface area contributed by atoms with Crippen molar-refractivity contribution >= 4 is 22.4 Å². The molecular formula is C22H17F3N2O2. The van der Waals surface area contributed by atoms with E-state index in [1.165, 1.54) is 11.0 Å². The summed E-state index contributed by atoms with van der Waals surface area (Å²) >= 11 is 0. The Morgan fingerprint density at radius 3 is 2.59 bits per heavy atom. The van der Waals surface area contributed by atoms with Gasteiger partial charge in [-0.1, -0.05) is 30.3 Å². The lowest BCUT2D eigenvalue weighted by Crippen LogP contribution is -2.33. The van der Waals surface area contributed by atoms with Crippen LogP contribution in [0.1, 0.15) is 17.5 Å². The molecule has 2 heterocycles. The second-order valence-electron chi connectivity index (χ2n) is 6.87. The third-order valence-corrected chi connectivity index (χ3v) is 5.14. The van der Waals surface area contributed by atoms with Gasteiger partial charge in [0.05, 0.1) is 5.56 Å². The van der Waals surface area contributed by atoms with E-state index in [1.807, 2.05) is 24.3 Å². The molecule has 0 spiro atoms. The summed E-state index contributed by atoms with van der Waals surface area (Å²) < 4.78 is 40.1. The van der Waals surface area contributed by atoms with Crippen molar-refractivity contribution in [2.45, 2.75) is 12.6 Å². The summed E-state index contributed by atoms with van der Waals surface area (Å²) in [5.41, 5.74) is 1.98. The van der Waals surface area contributed by atoms with Crippen LogP contribution in [0.5, 0.6) is 0 Å². The summed E-state index contributed by atoms with van der Waals surface area (Å²) in [7, 11) is 0. The minimum Gasteiger partial charge on any atom is -0.465 e. The molecule has 29 heavy (non-hydrogen) atoms. The second kappa shape index (κ2) is 7.24. The normalized spacial score (nSPS) is 14.7. The molecule has 0 fully saturated rings. The van der Waals surface area contributed by atoms with Gasteiger partial charge in [-0.2, -0.15) is 13.2 Å². The average molecular weight is 398 g/mol. The number of carboxylic acid groups (broad SMARTS) is 1. The highest BCUT2D eigenvalue weighted by Crippen LogP contribution is 2.39. The number of hydrogen-bond acceptors (Lipinski definition) is 2. The van der Waals surface area contributed by atoms with E-state index < -0.39 is 17.8 Å². The molecule has 0 unspecified atom stereocenters. The van der Waals surface area contributed by atoms with Gasteiger partial charge in [0, 0.05) is 30.9 Å². The Bertz CT molecular complexity index is 1120. The van der Waals surface area contributed by atoms with Crippen LogP contribution in [-0.4, -0.2) is 34.2 Å². The van der Waals surface area contributed by atoms with Crippen molar-refractivity contribution in [3.8, 4) is 11.1 Å². The SMILES string of the molecule is O=C(O)N1CC=C(c2cc(C(F)(F)F)ccc2-c2cccc3cnccc23)CC1. The van der Waals surface area contributed by atoms with Crippen molar-refractivity contribution in [1.82, 2.24) is 9.88 Å². The summed E-state index contributed by atoms with van der Waals surface area (Å²) in [5, 5.41) is 10.9. The fraction of sp³-hybridized carbons (Fsp3) is 0.182. The molecule has 0 saturated heterocycles. The van der Waals surface area contributed by atoms with E-state index in [9.17, 15) is 18.0 Å². The third kappa shape index (κ3) is 3.68. The molecule has 1 aromatic heterocycles. The van der Waals surface area contributed by atoms with Gasteiger partial charge in [0.2, 0.25) is 0 Å². The van der Waals surface area contributed by atoms with Gasteiger partial charge in [0.25, 0.3) is 0 Å². The maximum Gasteiger partial charge on any atom is 0.416 e. The fourth-order valence-corrected chi connectivity index (χ4v) is 3.67. The van der Waals surface area contributed by atoms with Crippen molar-refractivity contribution in [2.75, 3.05) is 13.1 Å². The van der Waals surface area contributed by atoms with Crippen molar-refractivity contribution in [1.29, 1.82) is 0 Å². The highest BCUT2D eigenvalue weighted by molar-refractivity contribution is 5.99. The smallest absolute Gasteiger partial charge is 0.416 e. The lowest BCUT2D eigenvalue weighted by Gasteiger charge is -2.25. The summed E-state index contributed by atoms with van der Waals surface area (Å²) in [6.45, 7) is 0.399. The molecule has 2 aromatic carbocycles. The zero-order valence-corrected chi connectivity index (χ0v) is 15.3. The second-order valence-corrected chi connectivity index (χ2v) is 6.87. The van der Waals surface area contributed by atoms with Gasteiger partial charge in [-0.25, -0.2) is 4.79 Å². The topological polar surface area (TPSA) is 53.4 Å². The summed E-state index contributed by atoms with van der Waals surface area (Å²) in [4.78, 5) is 16.5. The highest BCUT2D eigenvalue weighted by atomic mass is 19.4. The van der Waals surface area contributed by atoms with Crippen LogP contribution >= 0.6 is 0 Å². The Labute approximate surface area is 164 Å². The maximum absolute atomic E-state index is 13.4. The monoisotopic (exact) mass is 398 g/mol. The fourth-order valence-electron chi connectivity index (χ4n) is 3.67. The first-order valence-corrected chi connectivity index (χ1v) is 9.06. The predicted molar refractivity (Wildman–Crippen MR) is 104 cm³/mol. The quantitative estimate of drug-likeness (QED) is 0.604.